The van der Waals surface area contributed by atoms with E-state index < -0.39 is 0 Å². The van der Waals surface area contributed by atoms with Crippen molar-refractivity contribution in [3.8, 4) is 0 Å². The normalized spacial score (nSPS) is 29.1. The van der Waals surface area contributed by atoms with Gasteiger partial charge in [-0.15, -0.1) is 0 Å². The Kier molecular flexibility index (Phi) is 4.47. The van der Waals surface area contributed by atoms with E-state index in [0.717, 1.165) is 11.8 Å². The second-order valence-corrected chi connectivity index (χ2v) is 6.14. The summed E-state index contributed by atoms with van der Waals surface area (Å²) in [5.74, 6) is 2.00. The molecule has 0 nitrogen and oxygen atoms in total. The Morgan fingerprint density at radius 2 is 1.79 bits per heavy atom. The topological polar surface area (TPSA) is 0 Å². The van der Waals surface area contributed by atoms with Gasteiger partial charge in [0.15, 0.2) is 0 Å². The van der Waals surface area contributed by atoms with E-state index in [1.54, 1.807) is 0 Å². The van der Waals surface area contributed by atoms with Gasteiger partial charge in [0, 0.05) is 0 Å². The maximum atomic E-state index is 2.46. The molecule has 1 saturated carbocycles. The summed E-state index contributed by atoms with van der Waals surface area (Å²) in [7, 11) is 0. The fraction of sp³-hybridized carbons (Fsp3) is 1.00. The minimum Gasteiger partial charge on any atom is -0.0654 e. The van der Waals surface area contributed by atoms with Gasteiger partial charge in [0.05, 0.1) is 0 Å². The molecule has 1 aliphatic rings. The molecule has 1 aliphatic carbocycles. The number of hydrogen-bond acceptors (Lipinski definition) is 0. The molecule has 84 valence electrons. The Morgan fingerprint density at radius 1 is 1.14 bits per heavy atom. The van der Waals surface area contributed by atoms with E-state index >= 15 is 0 Å². The number of hydrogen-bond donors (Lipinski definition) is 0. The van der Waals surface area contributed by atoms with Crippen LogP contribution in [0.1, 0.15) is 72.6 Å². The second kappa shape index (κ2) is 5.19. The van der Waals surface area contributed by atoms with E-state index in [2.05, 4.69) is 27.7 Å². The average Bonchev–Trinajstić information content (AvgIpc) is 2.08. The molecule has 0 bridgehead atoms. The highest BCUT2D eigenvalue weighted by atomic mass is 14.3. The standard InChI is InChI=1S/C14H28/c1-5-10-14(3,4)11-13-9-7-6-8-12(13)2/h12-13H,5-11H2,1-4H3. The Labute approximate surface area is 90.5 Å². The van der Waals surface area contributed by atoms with Gasteiger partial charge >= 0.3 is 0 Å². The molecule has 0 heterocycles. The van der Waals surface area contributed by atoms with Gasteiger partial charge in [0.25, 0.3) is 0 Å². The quantitative estimate of drug-likeness (QED) is 0.591. The Morgan fingerprint density at radius 3 is 2.36 bits per heavy atom. The summed E-state index contributed by atoms with van der Waals surface area (Å²) in [6, 6.07) is 0. The zero-order valence-corrected chi connectivity index (χ0v) is 10.6. The lowest BCUT2D eigenvalue weighted by Gasteiger charge is -2.35. The molecule has 0 radical (unpaired) electrons. The molecule has 0 aromatic heterocycles. The molecule has 0 N–H and O–H groups in total. The van der Waals surface area contributed by atoms with Gasteiger partial charge in [-0.2, -0.15) is 0 Å². The van der Waals surface area contributed by atoms with Crippen molar-refractivity contribution in [2.75, 3.05) is 0 Å². The summed E-state index contributed by atoms with van der Waals surface area (Å²) in [6.07, 6.45) is 10.1. The molecule has 2 unspecified atom stereocenters. The smallest absolute Gasteiger partial charge is 0.0352 e. The van der Waals surface area contributed by atoms with E-state index in [9.17, 15) is 0 Å². The van der Waals surface area contributed by atoms with Gasteiger partial charge in [-0.05, 0) is 30.1 Å². The molecule has 0 amide bonds. The van der Waals surface area contributed by atoms with Crippen molar-refractivity contribution >= 4 is 0 Å². The fourth-order valence-electron chi connectivity index (χ4n) is 3.18. The van der Waals surface area contributed by atoms with Gasteiger partial charge in [0.2, 0.25) is 0 Å². The van der Waals surface area contributed by atoms with Crippen molar-refractivity contribution in [1.29, 1.82) is 0 Å². The first kappa shape index (κ1) is 12.1. The lowest BCUT2D eigenvalue weighted by molar-refractivity contribution is 0.160. The highest BCUT2D eigenvalue weighted by Crippen LogP contribution is 2.39. The monoisotopic (exact) mass is 196 g/mol. The zero-order chi connectivity index (χ0) is 10.6. The third kappa shape index (κ3) is 3.63. The summed E-state index contributed by atoms with van der Waals surface area (Å²) in [5.41, 5.74) is 0.588. The largest absolute Gasteiger partial charge is 0.0654 e. The predicted octanol–water partition coefficient (Wildman–Crippen LogP) is 5.03. The summed E-state index contributed by atoms with van der Waals surface area (Å²) in [6.45, 7) is 9.69. The van der Waals surface area contributed by atoms with Crippen LogP contribution in [0.3, 0.4) is 0 Å². The van der Waals surface area contributed by atoms with Crippen LogP contribution in [-0.2, 0) is 0 Å². The highest BCUT2D eigenvalue weighted by Gasteiger charge is 2.27. The summed E-state index contributed by atoms with van der Waals surface area (Å²) >= 11 is 0. The molecule has 0 saturated heterocycles. The molecule has 0 aliphatic heterocycles. The summed E-state index contributed by atoms with van der Waals surface area (Å²) in [4.78, 5) is 0. The van der Waals surface area contributed by atoms with E-state index in [-0.39, 0.29) is 0 Å². The lowest BCUT2D eigenvalue weighted by Crippen LogP contribution is -2.24. The summed E-state index contributed by atoms with van der Waals surface area (Å²) in [5, 5.41) is 0. The SMILES string of the molecule is CCCC(C)(C)CC1CCCCC1C. The van der Waals surface area contributed by atoms with E-state index in [4.69, 9.17) is 0 Å². The molecular weight excluding hydrogens is 168 g/mol. The van der Waals surface area contributed by atoms with Crippen molar-refractivity contribution in [3.05, 3.63) is 0 Å². The van der Waals surface area contributed by atoms with Crippen molar-refractivity contribution in [2.45, 2.75) is 72.6 Å². The highest BCUT2D eigenvalue weighted by molar-refractivity contribution is 4.79. The van der Waals surface area contributed by atoms with Crippen LogP contribution < -0.4 is 0 Å². The van der Waals surface area contributed by atoms with Crippen molar-refractivity contribution in [2.24, 2.45) is 17.3 Å². The minimum absolute atomic E-state index is 0.588. The third-order valence-electron chi connectivity index (χ3n) is 4.03. The van der Waals surface area contributed by atoms with Crippen molar-refractivity contribution in [1.82, 2.24) is 0 Å². The molecule has 1 rings (SSSR count). The van der Waals surface area contributed by atoms with Crippen LogP contribution in [-0.4, -0.2) is 0 Å². The zero-order valence-electron chi connectivity index (χ0n) is 10.6. The molecule has 0 aromatic rings. The minimum atomic E-state index is 0.588. The van der Waals surface area contributed by atoms with Gasteiger partial charge in [-0.3, -0.25) is 0 Å². The molecule has 2 atom stereocenters. The van der Waals surface area contributed by atoms with Crippen LogP contribution in [0.5, 0.6) is 0 Å². The van der Waals surface area contributed by atoms with E-state index in [0.29, 0.717) is 5.41 Å². The van der Waals surface area contributed by atoms with Crippen molar-refractivity contribution < 1.29 is 0 Å². The first-order valence-electron chi connectivity index (χ1n) is 6.55. The van der Waals surface area contributed by atoms with E-state index in [1.807, 2.05) is 0 Å². The van der Waals surface area contributed by atoms with Gasteiger partial charge in [-0.1, -0.05) is 59.8 Å². The summed E-state index contributed by atoms with van der Waals surface area (Å²) < 4.78 is 0. The Bertz CT molecular complexity index is 157. The van der Waals surface area contributed by atoms with Crippen LogP contribution in [0.15, 0.2) is 0 Å². The van der Waals surface area contributed by atoms with Crippen LogP contribution in [0, 0.1) is 17.3 Å². The van der Waals surface area contributed by atoms with Gasteiger partial charge in [0.1, 0.15) is 0 Å². The molecule has 1 fully saturated rings. The van der Waals surface area contributed by atoms with Gasteiger partial charge < -0.3 is 0 Å². The molecule has 0 heteroatoms. The average molecular weight is 196 g/mol. The molecule has 0 aromatic carbocycles. The van der Waals surface area contributed by atoms with Crippen LogP contribution in [0.2, 0.25) is 0 Å². The third-order valence-corrected chi connectivity index (χ3v) is 4.03. The second-order valence-electron chi connectivity index (χ2n) is 6.14. The Hall–Kier alpha value is 0. The number of rotatable bonds is 4. The maximum Gasteiger partial charge on any atom is -0.0352 e. The maximum absolute atomic E-state index is 2.46. The first-order chi connectivity index (χ1) is 6.55. The van der Waals surface area contributed by atoms with Crippen LogP contribution in [0.4, 0.5) is 0 Å². The van der Waals surface area contributed by atoms with Crippen LogP contribution >= 0.6 is 0 Å². The van der Waals surface area contributed by atoms with E-state index in [1.165, 1.54) is 44.9 Å². The van der Waals surface area contributed by atoms with Crippen molar-refractivity contribution in [3.63, 3.8) is 0 Å². The first-order valence-corrected chi connectivity index (χ1v) is 6.55. The Balaban J connectivity index is 2.40. The molecule has 14 heavy (non-hydrogen) atoms. The van der Waals surface area contributed by atoms with Crippen LogP contribution in [0.25, 0.3) is 0 Å². The fourth-order valence-corrected chi connectivity index (χ4v) is 3.18. The molecule has 0 spiro atoms. The lowest BCUT2D eigenvalue weighted by atomic mass is 9.70. The predicted molar refractivity (Wildman–Crippen MR) is 64.4 cm³/mol. The molecular formula is C14H28. The van der Waals surface area contributed by atoms with Gasteiger partial charge in [-0.25, -0.2) is 0 Å².